The molecule has 0 unspecified atom stereocenters. The maximum atomic E-state index is 14.2. The summed E-state index contributed by atoms with van der Waals surface area (Å²) in [4.78, 5) is 42.6. The normalized spacial score (nSPS) is 24.3. The van der Waals surface area contributed by atoms with Crippen LogP contribution in [0.2, 0.25) is 20.1 Å². The first-order valence-corrected chi connectivity index (χ1v) is 16.7. The second-order valence-electron chi connectivity index (χ2n) is 12.1. The van der Waals surface area contributed by atoms with Crippen molar-refractivity contribution in [2.75, 3.05) is 11.4 Å². The van der Waals surface area contributed by atoms with Crippen molar-refractivity contribution in [3.63, 3.8) is 0 Å². The number of fused-ring (bicyclic) bond motifs is 2. The van der Waals surface area contributed by atoms with Gasteiger partial charge in [0.15, 0.2) is 12.1 Å². The van der Waals surface area contributed by atoms with E-state index in [0.29, 0.717) is 31.3 Å². The van der Waals surface area contributed by atoms with E-state index in [4.69, 9.17) is 51.5 Å². The SMILES string of the molecule is Cc1cccc(C)c1N1C(=O)[C@H]2N=NN(CC(=O)N3N=C4/C(=C/c5ccc(Cl)cc5Cl)CCC[C@H]4[C@H]3c3ccc(Cl)cc3Cl)[C@@H]2C1=O. The zero-order chi connectivity index (χ0) is 33.1. The molecule has 3 amide bonds. The summed E-state index contributed by atoms with van der Waals surface area (Å²) < 4.78 is 0. The van der Waals surface area contributed by atoms with E-state index in [1.165, 1.54) is 14.9 Å². The number of hydrazone groups is 1. The van der Waals surface area contributed by atoms with Gasteiger partial charge >= 0.3 is 0 Å². The monoisotopic (exact) mass is 708 g/mol. The molecule has 7 rings (SSSR count). The maximum absolute atomic E-state index is 14.2. The van der Waals surface area contributed by atoms with Crippen molar-refractivity contribution in [2.24, 2.45) is 21.4 Å². The molecule has 0 N–H and O–H groups in total. The van der Waals surface area contributed by atoms with Crippen LogP contribution in [0.25, 0.3) is 6.08 Å². The molecule has 0 aromatic heterocycles. The number of carbonyl (C=O) groups is 3. The smallest absolute Gasteiger partial charge is 0.264 e. The van der Waals surface area contributed by atoms with Crippen molar-refractivity contribution in [1.82, 2.24) is 10.0 Å². The highest BCUT2D eigenvalue weighted by molar-refractivity contribution is 6.36. The van der Waals surface area contributed by atoms with E-state index in [1.807, 2.05) is 50.3 Å². The Kier molecular flexibility index (Phi) is 8.37. The number of nitrogens with zero attached hydrogens (tertiary/aromatic N) is 6. The minimum Gasteiger partial charge on any atom is -0.271 e. The number of halogens is 4. The van der Waals surface area contributed by atoms with Crippen molar-refractivity contribution < 1.29 is 14.4 Å². The Hall–Kier alpha value is -3.76. The van der Waals surface area contributed by atoms with Crippen LogP contribution >= 0.6 is 46.4 Å². The summed E-state index contributed by atoms with van der Waals surface area (Å²) in [5.74, 6) is -1.52. The van der Waals surface area contributed by atoms with E-state index < -0.39 is 35.8 Å². The summed E-state index contributed by atoms with van der Waals surface area (Å²) >= 11 is 25.6. The Labute approximate surface area is 291 Å². The molecule has 0 radical (unpaired) electrons. The Balaban J connectivity index is 1.22. The third-order valence-electron chi connectivity index (χ3n) is 9.15. The van der Waals surface area contributed by atoms with Gasteiger partial charge in [0, 0.05) is 26.0 Å². The first-order chi connectivity index (χ1) is 22.5. The molecular weight excluding hydrogens is 682 g/mol. The van der Waals surface area contributed by atoms with Crippen molar-refractivity contribution in [3.8, 4) is 0 Å². The average Bonchev–Trinajstić information content (AvgIpc) is 3.69. The molecule has 1 aliphatic carbocycles. The maximum Gasteiger partial charge on any atom is 0.264 e. The molecule has 2 fully saturated rings. The highest BCUT2D eigenvalue weighted by atomic mass is 35.5. The molecule has 240 valence electrons. The van der Waals surface area contributed by atoms with Crippen molar-refractivity contribution in [1.29, 1.82) is 0 Å². The van der Waals surface area contributed by atoms with Gasteiger partial charge in [-0.25, -0.2) is 9.91 Å². The Morgan fingerprint density at radius 2 is 1.62 bits per heavy atom. The summed E-state index contributed by atoms with van der Waals surface area (Å²) in [6.45, 7) is 3.37. The number of hydrogen-bond donors (Lipinski definition) is 0. The number of benzene rings is 3. The lowest BCUT2D eigenvalue weighted by atomic mass is 9.77. The molecule has 4 atom stereocenters. The average molecular weight is 710 g/mol. The number of carbonyl (C=O) groups excluding carboxylic acids is 3. The second kappa shape index (κ2) is 12.4. The molecule has 3 aliphatic heterocycles. The van der Waals surface area contributed by atoms with E-state index in [1.54, 1.807) is 24.3 Å². The molecule has 4 aliphatic rings. The highest BCUT2D eigenvalue weighted by Crippen LogP contribution is 2.47. The largest absolute Gasteiger partial charge is 0.271 e. The zero-order valence-electron chi connectivity index (χ0n) is 25.3. The van der Waals surface area contributed by atoms with Crippen LogP contribution in [0.5, 0.6) is 0 Å². The van der Waals surface area contributed by atoms with Crippen LogP contribution in [0.3, 0.4) is 0 Å². The van der Waals surface area contributed by atoms with Gasteiger partial charge in [-0.15, -0.1) is 0 Å². The highest BCUT2D eigenvalue weighted by Gasteiger charge is 2.56. The number of aryl methyl sites for hydroxylation is 2. The number of amides is 3. The summed E-state index contributed by atoms with van der Waals surface area (Å²) in [6.07, 6.45) is 4.36. The lowest BCUT2D eigenvalue weighted by Crippen LogP contribution is -2.45. The number of hydrogen-bond acceptors (Lipinski definition) is 7. The van der Waals surface area contributed by atoms with Gasteiger partial charge < -0.3 is 0 Å². The van der Waals surface area contributed by atoms with E-state index in [-0.39, 0.29) is 12.5 Å². The Morgan fingerprint density at radius 1 is 0.915 bits per heavy atom. The summed E-state index contributed by atoms with van der Waals surface area (Å²) in [5, 5.41) is 17.8. The van der Waals surface area contributed by atoms with Crippen LogP contribution in [0, 0.1) is 19.8 Å². The van der Waals surface area contributed by atoms with E-state index in [9.17, 15) is 14.4 Å². The number of allylic oxidation sites excluding steroid dienone is 1. The summed E-state index contributed by atoms with van der Waals surface area (Å²) in [5.41, 5.74) is 5.32. The van der Waals surface area contributed by atoms with E-state index in [2.05, 4.69) is 10.3 Å². The lowest BCUT2D eigenvalue weighted by Gasteiger charge is -2.31. The van der Waals surface area contributed by atoms with Crippen LogP contribution < -0.4 is 4.90 Å². The topological polar surface area (TPSA) is 98.0 Å². The third kappa shape index (κ3) is 5.53. The molecule has 3 aromatic rings. The molecule has 47 heavy (non-hydrogen) atoms. The van der Waals surface area contributed by atoms with Gasteiger partial charge in [0.05, 0.1) is 17.4 Å². The minimum atomic E-state index is -1.04. The number of imide groups is 1. The molecule has 13 heteroatoms. The second-order valence-corrected chi connectivity index (χ2v) is 13.8. The standard InChI is InChI=1S/C34H28Cl4N6O3/c1-17-5-3-6-18(2)30(17)43-33(46)29-32(34(43)47)42(41-39-29)16-27(45)44-31(23-12-11-22(36)15-26(23)38)24-8-4-7-20(28(24)40-44)13-19-9-10-21(35)14-25(19)37/h3,5-6,9-15,24,29,31-32H,4,7-8,16H2,1-2H3/b20-13+/t24-,29+,31-,32+/m1/s1. The first kappa shape index (κ1) is 31.8. The number of para-hydroxylation sites is 1. The van der Waals surface area contributed by atoms with Crippen LogP contribution in [-0.2, 0) is 14.4 Å². The van der Waals surface area contributed by atoms with E-state index >= 15 is 0 Å². The first-order valence-electron chi connectivity index (χ1n) is 15.2. The molecule has 3 heterocycles. The van der Waals surface area contributed by atoms with Gasteiger partial charge in [-0.1, -0.05) is 82.0 Å². The number of anilines is 1. The van der Waals surface area contributed by atoms with Gasteiger partial charge in [0.2, 0.25) is 0 Å². The van der Waals surface area contributed by atoms with Gasteiger partial charge in [-0.3, -0.25) is 19.4 Å². The summed E-state index contributed by atoms with van der Waals surface area (Å²) in [6, 6.07) is 13.5. The molecule has 1 saturated carbocycles. The zero-order valence-corrected chi connectivity index (χ0v) is 28.4. The molecule has 9 nitrogen and oxygen atoms in total. The van der Waals surface area contributed by atoms with Crippen LogP contribution in [0.15, 0.2) is 75.6 Å². The molecule has 0 spiro atoms. The molecular formula is C34H28Cl4N6O3. The molecule has 0 bridgehead atoms. The van der Waals surface area contributed by atoms with Crippen LogP contribution in [-0.4, -0.2) is 52.1 Å². The van der Waals surface area contributed by atoms with Crippen molar-refractivity contribution in [3.05, 3.63) is 103 Å². The van der Waals surface area contributed by atoms with Gasteiger partial charge in [-0.2, -0.15) is 10.2 Å². The Morgan fingerprint density at radius 3 is 2.32 bits per heavy atom. The quantitative estimate of drug-likeness (QED) is 0.251. The fourth-order valence-corrected chi connectivity index (χ4v) is 7.99. The van der Waals surface area contributed by atoms with Crippen LogP contribution in [0.4, 0.5) is 5.69 Å². The predicted molar refractivity (Wildman–Crippen MR) is 183 cm³/mol. The van der Waals surface area contributed by atoms with Gasteiger partial charge in [0.25, 0.3) is 17.7 Å². The lowest BCUT2D eigenvalue weighted by molar-refractivity contribution is -0.136. The fraction of sp³-hybridized carbons (Fsp3) is 0.294. The van der Waals surface area contributed by atoms with E-state index in [0.717, 1.165) is 47.2 Å². The fourth-order valence-electron chi connectivity index (χ4n) is 7.01. The minimum absolute atomic E-state index is 0.161. The van der Waals surface area contributed by atoms with Gasteiger partial charge in [-0.05, 0) is 91.3 Å². The molecule has 3 aromatic carbocycles. The predicted octanol–water partition coefficient (Wildman–Crippen LogP) is 8.03. The van der Waals surface area contributed by atoms with Crippen molar-refractivity contribution >= 4 is 81.6 Å². The molecule has 1 saturated heterocycles. The van der Waals surface area contributed by atoms with Crippen molar-refractivity contribution in [2.45, 2.75) is 51.2 Å². The Bertz CT molecular complexity index is 1920. The van der Waals surface area contributed by atoms with Gasteiger partial charge in [0.1, 0.15) is 6.54 Å². The number of rotatable bonds is 5. The van der Waals surface area contributed by atoms with Crippen LogP contribution in [0.1, 0.15) is 47.6 Å². The summed E-state index contributed by atoms with van der Waals surface area (Å²) in [7, 11) is 0. The third-order valence-corrected chi connectivity index (χ3v) is 10.3.